The van der Waals surface area contributed by atoms with Crippen LogP contribution in [0.25, 0.3) is 0 Å². The molecule has 3 nitrogen and oxygen atoms in total. The monoisotopic (exact) mass is 283 g/mol. The summed E-state index contributed by atoms with van der Waals surface area (Å²) in [6.07, 6.45) is 0.570. The molecular formula is C17H14FNO2. The SMILES string of the molecule is O=C1CC(c2ccccc2)CC(=O)N1c1ccc(F)cc1. The van der Waals surface area contributed by atoms with Crippen molar-refractivity contribution in [3.63, 3.8) is 0 Å². The van der Waals surface area contributed by atoms with Crippen LogP contribution in [0.2, 0.25) is 0 Å². The highest BCUT2D eigenvalue weighted by molar-refractivity contribution is 6.17. The van der Waals surface area contributed by atoms with Gasteiger partial charge in [0.15, 0.2) is 0 Å². The first-order chi connectivity index (χ1) is 10.1. The van der Waals surface area contributed by atoms with E-state index < -0.39 is 5.82 Å². The standard InChI is InChI=1S/C17H14FNO2/c18-14-6-8-15(9-7-14)19-16(20)10-13(11-17(19)21)12-4-2-1-3-5-12/h1-9,13H,10-11H2. The summed E-state index contributed by atoms with van der Waals surface area (Å²) >= 11 is 0. The Bertz CT molecular complexity index is 649. The Morgan fingerprint density at radius 3 is 2.00 bits per heavy atom. The summed E-state index contributed by atoms with van der Waals surface area (Å²) in [4.78, 5) is 25.7. The maximum absolute atomic E-state index is 12.9. The third-order valence-electron chi connectivity index (χ3n) is 3.70. The summed E-state index contributed by atoms with van der Waals surface area (Å²) in [6, 6.07) is 15.0. The van der Waals surface area contributed by atoms with Gasteiger partial charge < -0.3 is 0 Å². The fourth-order valence-corrected chi connectivity index (χ4v) is 2.65. The fraction of sp³-hybridized carbons (Fsp3) is 0.176. The smallest absolute Gasteiger partial charge is 0.234 e. The summed E-state index contributed by atoms with van der Waals surface area (Å²) in [5.41, 5.74) is 1.43. The third-order valence-corrected chi connectivity index (χ3v) is 3.70. The Hall–Kier alpha value is -2.49. The predicted molar refractivity (Wildman–Crippen MR) is 77.3 cm³/mol. The molecule has 106 valence electrons. The Balaban J connectivity index is 1.84. The molecule has 1 fully saturated rings. The zero-order valence-electron chi connectivity index (χ0n) is 11.3. The number of hydrogen-bond acceptors (Lipinski definition) is 2. The van der Waals surface area contributed by atoms with Gasteiger partial charge >= 0.3 is 0 Å². The zero-order chi connectivity index (χ0) is 14.8. The molecule has 0 aliphatic carbocycles. The average Bonchev–Trinajstić information content (AvgIpc) is 2.49. The topological polar surface area (TPSA) is 37.4 Å². The number of piperidine rings is 1. The van der Waals surface area contributed by atoms with Crippen molar-refractivity contribution in [2.24, 2.45) is 0 Å². The quantitative estimate of drug-likeness (QED) is 0.793. The number of carbonyl (C=O) groups excluding carboxylic acids is 2. The highest BCUT2D eigenvalue weighted by Crippen LogP contribution is 2.32. The van der Waals surface area contributed by atoms with Gasteiger partial charge in [0.1, 0.15) is 5.82 Å². The molecule has 0 atom stereocenters. The van der Waals surface area contributed by atoms with Crippen LogP contribution in [0.15, 0.2) is 54.6 Å². The van der Waals surface area contributed by atoms with E-state index in [2.05, 4.69) is 0 Å². The second-order valence-corrected chi connectivity index (χ2v) is 5.12. The first kappa shape index (κ1) is 13.5. The fourth-order valence-electron chi connectivity index (χ4n) is 2.65. The number of nitrogens with zero attached hydrogens (tertiary/aromatic N) is 1. The second kappa shape index (κ2) is 5.48. The maximum atomic E-state index is 12.9. The van der Waals surface area contributed by atoms with Crippen LogP contribution < -0.4 is 4.90 Å². The minimum atomic E-state index is -0.391. The van der Waals surface area contributed by atoms with Crippen molar-refractivity contribution in [3.05, 3.63) is 66.0 Å². The van der Waals surface area contributed by atoms with E-state index in [0.717, 1.165) is 10.5 Å². The van der Waals surface area contributed by atoms with Crippen LogP contribution in [0.4, 0.5) is 10.1 Å². The molecule has 0 radical (unpaired) electrons. The molecule has 2 amide bonds. The number of carbonyl (C=O) groups is 2. The molecule has 0 bridgehead atoms. The number of imide groups is 1. The lowest BCUT2D eigenvalue weighted by Crippen LogP contribution is -2.42. The van der Waals surface area contributed by atoms with E-state index in [4.69, 9.17) is 0 Å². The van der Waals surface area contributed by atoms with E-state index >= 15 is 0 Å². The van der Waals surface area contributed by atoms with Gasteiger partial charge in [-0.2, -0.15) is 0 Å². The van der Waals surface area contributed by atoms with Crippen molar-refractivity contribution in [2.75, 3.05) is 4.90 Å². The van der Waals surface area contributed by atoms with Crippen LogP contribution in [0.5, 0.6) is 0 Å². The minimum absolute atomic E-state index is 0.0806. The molecule has 1 aliphatic rings. The first-order valence-corrected chi connectivity index (χ1v) is 6.81. The molecule has 21 heavy (non-hydrogen) atoms. The van der Waals surface area contributed by atoms with E-state index in [-0.39, 0.29) is 30.6 Å². The first-order valence-electron chi connectivity index (χ1n) is 6.81. The molecule has 3 rings (SSSR count). The summed E-state index contributed by atoms with van der Waals surface area (Å²) < 4.78 is 12.9. The van der Waals surface area contributed by atoms with Gasteiger partial charge in [0.2, 0.25) is 11.8 Å². The molecule has 1 heterocycles. The lowest BCUT2D eigenvalue weighted by Gasteiger charge is -2.30. The lowest BCUT2D eigenvalue weighted by molar-refractivity contribution is -0.129. The number of hydrogen-bond donors (Lipinski definition) is 0. The van der Waals surface area contributed by atoms with E-state index in [1.54, 1.807) is 0 Å². The van der Waals surface area contributed by atoms with Crippen LogP contribution in [0.1, 0.15) is 24.3 Å². The lowest BCUT2D eigenvalue weighted by atomic mass is 9.88. The summed E-state index contributed by atoms with van der Waals surface area (Å²) in [7, 11) is 0. The Morgan fingerprint density at radius 1 is 0.857 bits per heavy atom. The Kier molecular flexibility index (Phi) is 3.52. The van der Waals surface area contributed by atoms with Crippen molar-refractivity contribution in [3.8, 4) is 0 Å². The second-order valence-electron chi connectivity index (χ2n) is 5.12. The molecule has 0 unspecified atom stereocenters. The van der Waals surface area contributed by atoms with Crippen LogP contribution in [0, 0.1) is 5.82 Å². The van der Waals surface area contributed by atoms with Gasteiger partial charge in [-0.15, -0.1) is 0 Å². The molecule has 1 saturated heterocycles. The van der Waals surface area contributed by atoms with Crippen molar-refractivity contribution in [2.45, 2.75) is 18.8 Å². The molecule has 4 heteroatoms. The van der Waals surface area contributed by atoms with Gasteiger partial charge in [0, 0.05) is 18.8 Å². The summed E-state index contributed by atoms with van der Waals surface area (Å²) in [5.74, 6) is -0.959. The molecule has 0 saturated carbocycles. The minimum Gasteiger partial charge on any atom is -0.274 e. The molecule has 2 aromatic rings. The van der Waals surface area contributed by atoms with Gasteiger partial charge in [-0.25, -0.2) is 4.39 Å². The number of rotatable bonds is 2. The average molecular weight is 283 g/mol. The van der Waals surface area contributed by atoms with Crippen LogP contribution in [0.3, 0.4) is 0 Å². The zero-order valence-corrected chi connectivity index (χ0v) is 11.3. The Morgan fingerprint density at radius 2 is 1.43 bits per heavy atom. The van der Waals surface area contributed by atoms with Crippen LogP contribution in [-0.2, 0) is 9.59 Å². The van der Waals surface area contributed by atoms with Gasteiger partial charge in [0.25, 0.3) is 0 Å². The largest absolute Gasteiger partial charge is 0.274 e. The summed E-state index contributed by atoms with van der Waals surface area (Å²) in [5, 5.41) is 0. The van der Waals surface area contributed by atoms with E-state index in [1.807, 2.05) is 30.3 Å². The van der Waals surface area contributed by atoms with Gasteiger partial charge in [0.05, 0.1) is 5.69 Å². The van der Waals surface area contributed by atoms with Gasteiger partial charge in [-0.05, 0) is 29.8 Å². The molecule has 0 N–H and O–H groups in total. The number of halogens is 1. The number of amides is 2. The summed E-state index contributed by atoms with van der Waals surface area (Å²) in [6.45, 7) is 0. The molecule has 0 aromatic heterocycles. The normalized spacial score (nSPS) is 16.3. The molecule has 2 aromatic carbocycles. The van der Waals surface area contributed by atoms with E-state index in [9.17, 15) is 14.0 Å². The Labute approximate surface area is 122 Å². The predicted octanol–water partition coefficient (Wildman–Crippen LogP) is 3.26. The number of benzene rings is 2. The highest BCUT2D eigenvalue weighted by atomic mass is 19.1. The van der Waals surface area contributed by atoms with E-state index in [0.29, 0.717) is 5.69 Å². The number of anilines is 1. The van der Waals surface area contributed by atoms with E-state index in [1.165, 1.54) is 24.3 Å². The van der Waals surface area contributed by atoms with Gasteiger partial charge in [-0.3, -0.25) is 14.5 Å². The van der Waals surface area contributed by atoms with Crippen molar-refractivity contribution in [1.29, 1.82) is 0 Å². The van der Waals surface area contributed by atoms with Crippen LogP contribution in [-0.4, -0.2) is 11.8 Å². The van der Waals surface area contributed by atoms with Gasteiger partial charge in [-0.1, -0.05) is 30.3 Å². The van der Waals surface area contributed by atoms with Crippen molar-refractivity contribution < 1.29 is 14.0 Å². The molecule has 0 spiro atoms. The van der Waals surface area contributed by atoms with Crippen molar-refractivity contribution in [1.82, 2.24) is 0 Å². The molecular weight excluding hydrogens is 269 g/mol. The molecule has 1 aliphatic heterocycles. The maximum Gasteiger partial charge on any atom is 0.234 e. The third kappa shape index (κ3) is 2.70. The van der Waals surface area contributed by atoms with Crippen molar-refractivity contribution >= 4 is 17.5 Å². The highest BCUT2D eigenvalue weighted by Gasteiger charge is 2.34. The van der Waals surface area contributed by atoms with Crippen LogP contribution >= 0.6 is 0 Å².